The Hall–Kier alpha value is -2.60. The van der Waals surface area contributed by atoms with Crippen molar-refractivity contribution in [1.82, 2.24) is 4.98 Å². The number of fused-ring (bicyclic) bond motifs is 1. The molecule has 1 aliphatic rings. The van der Waals surface area contributed by atoms with Crippen LogP contribution in [0.15, 0.2) is 36.4 Å². The van der Waals surface area contributed by atoms with Crippen molar-refractivity contribution in [2.45, 2.75) is 26.7 Å². The molecule has 0 bridgehead atoms. The quantitative estimate of drug-likeness (QED) is 0.757. The van der Waals surface area contributed by atoms with E-state index in [4.69, 9.17) is 0 Å². The summed E-state index contributed by atoms with van der Waals surface area (Å²) in [6.45, 7) is 3.96. The number of aromatic nitrogens is 1. The van der Waals surface area contributed by atoms with E-state index in [0.29, 0.717) is 5.69 Å². The SMILES string of the molecule is CC1(C)CCc2nc(C#Cc3cccc(O)c3)ccc2C1=O. The van der Waals surface area contributed by atoms with Gasteiger partial charge < -0.3 is 5.11 Å². The van der Waals surface area contributed by atoms with Crippen molar-refractivity contribution in [3.05, 3.63) is 58.9 Å². The van der Waals surface area contributed by atoms with Crippen LogP contribution in [0.4, 0.5) is 0 Å². The van der Waals surface area contributed by atoms with Gasteiger partial charge in [-0.1, -0.05) is 25.8 Å². The Morgan fingerprint density at radius 3 is 2.77 bits per heavy atom. The number of aryl methyl sites for hydroxylation is 1. The minimum Gasteiger partial charge on any atom is -0.508 e. The molecule has 3 rings (SSSR count). The molecule has 1 heterocycles. The van der Waals surface area contributed by atoms with Gasteiger partial charge >= 0.3 is 0 Å². The van der Waals surface area contributed by atoms with E-state index in [9.17, 15) is 9.90 Å². The first kappa shape index (κ1) is 14.3. The van der Waals surface area contributed by atoms with Crippen molar-refractivity contribution >= 4 is 5.78 Å². The lowest BCUT2D eigenvalue weighted by Crippen LogP contribution is -2.31. The average molecular weight is 291 g/mol. The van der Waals surface area contributed by atoms with Crippen LogP contribution in [0.3, 0.4) is 0 Å². The number of aromatic hydroxyl groups is 1. The van der Waals surface area contributed by atoms with Crippen LogP contribution in [0.25, 0.3) is 0 Å². The van der Waals surface area contributed by atoms with Crippen LogP contribution in [0.2, 0.25) is 0 Å². The second-order valence-corrected chi connectivity index (χ2v) is 6.20. The lowest BCUT2D eigenvalue weighted by molar-refractivity contribution is 0.0809. The number of rotatable bonds is 0. The van der Waals surface area contributed by atoms with Crippen molar-refractivity contribution in [3.63, 3.8) is 0 Å². The fourth-order valence-electron chi connectivity index (χ4n) is 2.60. The van der Waals surface area contributed by atoms with Crippen LogP contribution in [-0.4, -0.2) is 15.9 Å². The molecule has 0 aliphatic heterocycles. The largest absolute Gasteiger partial charge is 0.508 e. The molecular formula is C19H17NO2. The summed E-state index contributed by atoms with van der Waals surface area (Å²) in [5.74, 6) is 6.32. The number of Topliss-reactive ketones (excluding diaryl/α,β-unsaturated/α-hetero) is 1. The molecular weight excluding hydrogens is 274 g/mol. The number of benzene rings is 1. The molecule has 3 heteroatoms. The Morgan fingerprint density at radius 2 is 2.00 bits per heavy atom. The molecule has 110 valence electrons. The molecule has 0 saturated heterocycles. The van der Waals surface area contributed by atoms with Crippen LogP contribution >= 0.6 is 0 Å². The number of nitrogens with zero attached hydrogens (tertiary/aromatic N) is 1. The molecule has 1 aliphatic carbocycles. The van der Waals surface area contributed by atoms with Gasteiger partial charge in [-0.25, -0.2) is 4.98 Å². The Morgan fingerprint density at radius 1 is 1.18 bits per heavy atom. The Balaban J connectivity index is 1.91. The van der Waals surface area contributed by atoms with Gasteiger partial charge in [0.2, 0.25) is 0 Å². The molecule has 1 N–H and O–H groups in total. The molecule has 0 spiro atoms. The maximum Gasteiger partial charge on any atom is 0.170 e. The number of hydrogen-bond acceptors (Lipinski definition) is 3. The zero-order chi connectivity index (χ0) is 15.7. The zero-order valence-corrected chi connectivity index (χ0v) is 12.7. The number of carbonyl (C=O) groups is 1. The average Bonchev–Trinajstić information content (AvgIpc) is 2.49. The second kappa shape index (κ2) is 5.31. The van der Waals surface area contributed by atoms with Crippen LogP contribution in [0.5, 0.6) is 5.75 Å². The predicted molar refractivity (Wildman–Crippen MR) is 84.8 cm³/mol. The summed E-state index contributed by atoms with van der Waals surface area (Å²) in [6.07, 6.45) is 1.62. The number of hydrogen-bond donors (Lipinski definition) is 1. The second-order valence-electron chi connectivity index (χ2n) is 6.20. The predicted octanol–water partition coefficient (Wildman–Crippen LogP) is 3.34. The van der Waals surface area contributed by atoms with Crippen LogP contribution < -0.4 is 0 Å². The normalized spacial score (nSPS) is 15.6. The van der Waals surface area contributed by atoms with E-state index >= 15 is 0 Å². The highest BCUT2D eigenvalue weighted by molar-refractivity contribution is 6.01. The highest BCUT2D eigenvalue weighted by Gasteiger charge is 2.34. The number of phenols is 1. The molecule has 0 fully saturated rings. The van der Waals surface area contributed by atoms with Crippen LogP contribution in [0.1, 0.15) is 47.6 Å². The van der Waals surface area contributed by atoms with E-state index < -0.39 is 0 Å². The third-order valence-corrected chi connectivity index (χ3v) is 4.00. The lowest BCUT2D eigenvalue weighted by Gasteiger charge is -2.28. The smallest absolute Gasteiger partial charge is 0.170 e. The molecule has 0 saturated carbocycles. The Labute approximate surface area is 130 Å². The summed E-state index contributed by atoms with van der Waals surface area (Å²) in [7, 11) is 0. The standard InChI is InChI=1S/C19H17NO2/c1-19(2)11-10-17-16(18(19)22)9-8-14(20-17)7-6-13-4-3-5-15(21)12-13/h3-5,8-9,12,21H,10-11H2,1-2H3. The molecule has 1 aromatic carbocycles. The highest BCUT2D eigenvalue weighted by atomic mass is 16.3. The first-order valence-corrected chi connectivity index (χ1v) is 7.31. The molecule has 0 radical (unpaired) electrons. The number of ketones is 1. The first-order valence-electron chi connectivity index (χ1n) is 7.31. The minimum absolute atomic E-state index is 0.161. The maximum atomic E-state index is 12.4. The van der Waals surface area contributed by atoms with Gasteiger partial charge in [0.15, 0.2) is 5.78 Å². The molecule has 0 unspecified atom stereocenters. The summed E-state index contributed by atoms with van der Waals surface area (Å²) in [6, 6.07) is 10.4. The monoisotopic (exact) mass is 291 g/mol. The van der Waals surface area contributed by atoms with E-state index in [2.05, 4.69) is 16.8 Å². The van der Waals surface area contributed by atoms with E-state index in [0.717, 1.165) is 29.7 Å². The van der Waals surface area contributed by atoms with E-state index in [1.807, 2.05) is 26.0 Å². The first-order chi connectivity index (χ1) is 10.5. The van der Waals surface area contributed by atoms with Crippen molar-refractivity contribution in [3.8, 4) is 17.6 Å². The fourth-order valence-corrected chi connectivity index (χ4v) is 2.60. The molecule has 1 aromatic heterocycles. The Bertz CT molecular complexity index is 810. The molecule has 0 amide bonds. The third-order valence-electron chi connectivity index (χ3n) is 4.00. The van der Waals surface area contributed by atoms with Crippen LogP contribution in [0, 0.1) is 17.3 Å². The van der Waals surface area contributed by atoms with Gasteiger partial charge in [-0.15, -0.1) is 0 Å². The lowest BCUT2D eigenvalue weighted by atomic mass is 9.75. The maximum absolute atomic E-state index is 12.4. The number of phenolic OH excluding ortho intramolecular Hbond substituents is 1. The number of carbonyl (C=O) groups excluding carboxylic acids is 1. The highest BCUT2D eigenvalue weighted by Crippen LogP contribution is 2.33. The van der Waals surface area contributed by atoms with E-state index in [1.54, 1.807) is 24.3 Å². The van der Waals surface area contributed by atoms with Gasteiger partial charge in [-0.05, 0) is 49.1 Å². The fraction of sp³-hybridized carbons (Fsp3) is 0.263. The van der Waals surface area contributed by atoms with Crippen LogP contribution in [-0.2, 0) is 6.42 Å². The number of pyridine rings is 1. The molecule has 2 aromatic rings. The van der Waals surface area contributed by atoms with Crippen molar-refractivity contribution < 1.29 is 9.90 Å². The van der Waals surface area contributed by atoms with Gasteiger partial charge in [0.1, 0.15) is 11.4 Å². The van der Waals surface area contributed by atoms with Gasteiger partial charge in [0.25, 0.3) is 0 Å². The Kier molecular flexibility index (Phi) is 3.46. The summed E-state index contributed by atoms with van der Waals surface area (Å²) in [5.41, 5.74) is 2.64. The van der Waals surface area contributed by atoms with E-state index in [1.165, 1.54) is 0 Å². The summed E-state index contributed by atoms with van der Waals surface area (Å²) < 4.78 is 0. The summed E-state index contributed by atoms with van der Waals surface area (Å²) in [5, 5.41) is 9.43. The molecule has 3 nitrogen and oxygen atoms in total. The topological polar surface area (TPSA) is 50.2 Å². The van der Waals surface area contributed by atoms with E-state index in [-0.39, 0.29) is 16.9 Å². The van der Waals surface area contributed by atoms with Gasteiger partial charge in [0, 0.05) is 16.5 Å². The summed E-state index contributed by atoms with van der Waals surface area (Å²) in [4.78, 5) is 16.9. The molecule has 22 heavy (non-hydrogen) atoms. The van der Waals surface area contributed by atoms with Crippen molar-refractivity contribution in [1.29, 1.82) is 0 Å². The van der Waals surface area contributed by atoms with Crippen molar-refractivity contribution in [2.24, 2.45) is 5.41 Å². The molecule has 0 atom stereocenters. The summed E-state index contributed by atoms with van der Waals surface area (Å²) >= 11 is 0. The van der Waals surface area contributed by atoms with Gasteiger partial charge in [-0.3, -0.25) is 4.79 Å². The minimum atomic E-state index is -0.302. The van der Waals surface area contributed by atoms with Gasteiger partial charge in [0.05, 0.1) is 5.69 Å². The third kappa shape index (κ3) is 2.73. The van der Waals surface area contributed by atoms with Crippen molar-refractivity contribution in [2.75, 3.05) is 0 Å². The zero-order valence-electron chi connectivity index (χ0n) is 12.7. The van der Waals surface area contributed by atoms with Gasteiger partial charge in [-0.2, -0.15) is 0 Å².